The van der Waals surface area contributed by atoms with E-state index in [9.17, 15) is 9.59 Å². The van der Waals surface area contributed by atoms with Crippen molar-refractivity contribution < 1.29 is 9.59 Å². The van der Waals surface area contributed by atoms with Gasteiger partial charge in [0, 0.05) is 25.1 Å². The Balaban J connectivity index is 2.01. The number of rotatable bonds is 7. The van der Waals surface area contributed by atoms with Gasteiger partial charge in [-0.3, -0.25) is 24.9 Å². The van der Waals surface area contributed by atoms with Gasteiger partial charge in [-0.1, -0.05) is 19.3 Å². The maximum absolute atomic E-state index is 12.6. The molecule has 0 bridgehead atoms. The van der Waals surface area contributed by atoms with Crippen LogP contribution < -0.4 is 10.6 Å². The number of nitrogens with one attached hydrogen (secondary N) is 2. The van der Waals surface area contributed by atoms with Gasteiger partial charge in [0.15, 0.2) is 5.78 Å². The van der Waals surface area contributed by atoms with E-state index in [4.69, 9.17) is 0 Å². The van der Waals surface area contributed by atoms with Crippen LogP contribution in [0.15, 0.2) is 18.6 Å². The topological polar surface area (TPSA) is 84.0 Å². The zero-order valence-electron chi connectivity index (χ0n) is 13.9. The van der Waals surface area contributed by atoms with E-state index in [1.165, 1.54) is 13.3 Å². The van der Waals surface area contributed by atoms with Crippen LogP contribution >= 0.6 is 0 Å². The van der Waals surface area contributed by atoms with Crippen molar-refractivity contribution in [3.8, 4) is 0 Å². The molecule has 0 spiro atoms. The lowest BCUT2D eigenvalue weighted by Crippen LogP contribution is -2.52. The first-order chi connectivity index (χ1) is 11.1. The number of hydrogen-bond donors (Lipinski definition) is 2. The molecule has 6 heteroatoms. The van der Waals surface area contributed by atoms with Crippen molar-refractivity contribution >= 4 is 11.7 Å². The lowest BCUT2D eigenvalue weighted by Gasteiger charge is -2.30. The average Bonchev–Trinajstić information content (AvgIpc) is 2.57. The molecule has 1 aliphatic rings. The summed E-state index contributed by atoms with van der Waals surface area (Å²) in [6.45, 7) is 3.71. The quantitative estimate of drug-likeness (QED) is 0.798. The first-order valence-corrected chi connectivity index (χ1v) is 8.37. The van der Waals surface area contributed by atoms with Crippen LogP contribution in [0.25, 0.3) is 0 Å². The monoisotopic (exact) mass is 318 g/mol. The molecule has 1 heterocycles. The van der Waals surface area contributed by atoms with E-state index in [0.717, 1.165) is 31.4 Å². The highest BCUT2D eigenvalue weighted by Gasteiger charge is 2.30. The fourth-order valence-electron chi connectivity index (χ4n) is 2.98. The summed E-state index contributed by atoms with van der Waals surface area (Å²) in [6.07, 6.45) is 10.6. The summed E-state index contributed by atoms with van der Waals surface area (Å²) in [7, 11) is 0. The van der Waals surface area contributed by atoms with Gasteiger partial charge in [0.2, 0.25) is 5.91 Å². The molecule has 1 amide bonds. The second-order valence-electron chi connectivity index (χ2n) is 6.29. The molecule has 1 saturated carbocycles. The molecule has 1 aliphatic carbocycles. The molecule has 2 atom stereocenters. The third kappa shape index (κ3) is 5.39. The Morgan fingerprint density at radius 3 is 2.61 bits per heavy atom. The third-order valence-corrected chi connectivity index (χ3v) is 4.49. The number of carbonyl (C=O) groups is 2. The maximum atomic E-state index is 12.6. The predicted molar refractivity (Wildman–Crippen MR) is 87.5 cm³/mol. The number of nitrogens with zero attached hydrogens (tertiary/aromatic N) is 2. The fraction of sp³-hybridized carbons (Fsp3) is 0.647. The molecule has 0 aromatic carbocycles. The van der Waals surface area contributed by atoms with Crippen molar-refractivity contribution in [3.05, 3.63) is 24.3 Å². The Morgan fingerprint density at radius 2 is 2.00 bits per heavy atom. The molecule has 2 N–H and O–H groups in total. The molecule has 0 saturated heterocycles. The van der Waals surface area contributed by atoms with E-state index in [1.807, 2.05) is 0 Å². The molecule has 126 valence electrons. The van der Waals surface area contributed by atoms with Gasteiger partial charge in [0.1, 0.15) is 0 Å². The zero-order chi connectivity index (χ0) is 16.7. The van der Waals surface area contributed by atoms with Crippen LogP contribution in [0.3, 0.4) is 0 Å². The third-order valence-electron chi connectivity index (χ3n) is 4.49. The summed E-state index contributed by atoms with van der Waals surface area (Å²) in [4.78, 5) is 32.3. The van der Waals surface area contributed by atoms with Crippen LogP contribution in [0.4, 0.5) is 0 Å². The first kappa shape index (κ1) is 17.5. The summed E-state index contributed by atoms with van der Waals surface area (Å²) in [5.74, 6) is 0.178. The molecule has 2 rings (SSSR count). The van der Waals surface area contributed by atoms with E-state index >= 15 is 0 Å². The van der Waals surface area contributed by atoms with E-state index < -0.39 is 6.04 Å². The lowest BCUT2D eigenvalue weighted by atomic mass is 9.83. The Labute approximate surface area is 137 Å². The largest absolute Gasteiger partial charge is 0.345 e. The van der Waals surface area contributed by atoms with Crippen molar-refractivity contribution in [3.63, 3.8) is 0 Å². The first-order valence-electron chi connectivity index (χ1n) is 8.37. The van der Waals surface area contributed by atoms with Gasteiger partial charge in [-0.15, -0.1) is 0 Å². The highest BCUT2D eigenvalue weighted by Crippen LogP contribution is 2.26. The molecule has 0 radical (unpaired) electrons. The van der Waals surface area contributed by atoms with Crippen LogP contribution in [-0.2, 0) is 16.1 Å². The molecule has 0 aliphatic heterocycles. The number of hydrogen-bond acceptors (Lipinski definition) is 5. The van der Waals surface area contributed by atoms with Crippen LogP contribution in [0.1, 0.15) is 51.6 Å². The predicted octanol–water partition coefficient (Wildman–Crippen LogP) is 1.61. The normalized spacial score (nSPS) is 18.2. The molecule has 1 unspecified atom stereocenters. The molecule has 6 nitrogen and oxygen atoms in total. The summed E-state index contributed by atoms with van der Waals surface area (Å²) < 4.78 is 0. The van der Waals surface area contributed by atoms with Crippen LogP contribution in [0.2, 0.25) is 0 Å². The molecule has 1 aromatic rings. The van der Waals surface area contributed by atoms with E-state index in [1.54, 1.807) is 25.5 Å². The fourth-order valence-corrected chi connectivity index (χ4v) is 2.98. The second kappa shape index (κ2) is 8.72. The van der Waals surface area contributed by atoms with Crippen LogP contribution in [-0.4, -0.2) is 33.7 Å². The molecule has 1 aromatic heterocycles. The van der Waals surface area contributed by atoms with Gasteiger partial charge in [-0.2, -0.15) is 0 Å². The zero-order valence-corrected chi connectivity index (χ0v) is 13.9. The highest BCUT2D eigenvalue weighted by atomic mass is 16.2. The van der Waals surface area contributed by atoms with Crippen molar-refractivity contribution in [1.82, 2.24) is 20.6 Å². The second-order valence-corrected chi connectivity index (χ2v) is 6.29. The van der Waals surface area contributed by atoms with E-state index in [-0.39, 0.29) is 17.7 Å². The Morgan fingerprint density at radius 1 is 1.26 bits per heavy atom. The average molecular weight is 318 g/mol. The van der Waals surface area contributed by atoms with Crippen LogP contribution in [0.5, 0.6) is 0 Å². The van der Waals surface area contributed by atoms with Gasteiger partial charge in [-0.25, -0.2) is 0 Å². The minimum absolute atomic E-state index is 0.0327. The summed E-state index contributed by atoms with van der Waals surface area (Å²) in [5, 5.41) is 6.15. The molecule has 23 heavy (non-hydrogen) atoms. The Bertz CT molecular complexity index is 515. The molecular formula is C17H26N4O2. The standard InChI is InChI=1S/C17H26N4O2/c1-12(13(2)22)21-17(23)16(14-6-4-3-5-7-14)20-11-15-10-18-8-9-19-15/h8-10,12,14,16,20H,3-7,11H2,1-2H3,(H,21,23)/t12?,16-/m0/s1. The van der Waals surface area contributed by atoms with Crippen molar-refractivity contribution in [2.24, 2.45) is 5.92 Å². The van der Waals surface area contributed by atoms with Gasteiger partial charge in [0.05, 0.1) is 17.8 Å². The van der Waals surface area contributed by atoms with Gasteiger partial charge < -0.3 is 5.32 Å². The number of ketones is 1. The molecular weight excluding hydrogens is 292 g/mol. The molecule has 1 fully saturated rings. The van der Waals surface area contributed by atoms with E-state index in [2.05, 4.69) is 20.6 Å². The van der Waals surface area contributed by atoms with Crippen molar-refractivity contribution in [2.75, 3.05) is 0 Å². The minimum Gasteiger partial charge on any atom is -0.345 e. The smallest absolute Gasteiger partial charge is 0.238 e. The minimum atomic E-state index is -0.452. The maximum Gasteiger partial charge on any atom is 0.238 e. The number of aromatic nitrogens is 2. The van der Waals surface area contributed by atoms with Gasteiger partial charge >= 0.3 is 0 Å². The SMILES string of the molecule is CC(=O)C(C)NC(=O)[C@@H](NCc1cnccn1)C1CCCCC1. The van der Waals surface area contributed by atoms with Gasteiger partial charge in [0.25, 0.3) is 0 Å². The number of Topliss-reactive ketones (excluding diaryl/α,β-unsaturated/α-hetero) is 1. The number of carbonyl (C=O) groups excluding carboxylic acids is 2. The lowest BCUT2D eigenvalue weighted by molar-refractivity contribution is -0.129. The van der Waals surface area contributed by atoms with E-state index in [0.29, 0.717) is 12.5 Å². The number of amides is 1. The van der Waals surface area contributed by atoms with Crippen LogP contribution in [0, 0.1) is 5.92 Å². The Kier molecular flexibility index (Phi) is 6.65. The summed E-state index contributed by atoms with van der Waals surface area (Å²) in [6, 6.07) is -0.744. The Hall–Kier alpha value is -1.82. The van der Waals surface area contributed by atoms with Crippen molar-refractivity contribution in [1.29, 1.82) is 0 Å². The van der Waals surface area contributed by atoms with Gasteiger partial charge in [-0.05, 0) is 32.6 Å². The summed E-state index contributed by atoms with van der Waals surface area (Å²) in [5.41, 5.74) is 0.806. The van der Waals surface area contributed by atoms with Crippen molar-refractivity contribution in [2.45, 2.75) is 64.6 Å². The highest BCUT2D eigenvalue weighted by molar-refractivity contribution is 5.89. The summed E-state index contributed by atoms with van der Waals surface area (Å²) >= 11 is 0.